The molecule has 0 amide bonds. The molecule has 0 saturated heterocycles. The molecule has 5 nitrogen and oxygen atoms in total. The monoisotopic (exact) mass is 336 g/mol. The number of hydrogen-bond acceptors (Lipinski definition) is 5. The van der Waals surface area contributed by atoms with Crippen LogP contribution in [0.2, 0.25) is 0 Å². The molecule has 0 spiro atoms. The zero-order chi connectivity index (χ0) is 17.8. The number of unbranched alkanes of at least 4 members (excludes halogenated alkanes) is 3. The molecule has 0 N–H and O–H groups in total. The molecule has 0 aliphatic heterocycles. The van der Waals surface area contributed by atoms with E-state index in [9.17, 15) is 9.59 Å². The van der Waals surface area contributed by atoms with E-state index in [0.717, 1.165) is 31.2 Å². The zero-order valence-electron chi connectivity index (χ0n) is 14.9. The number of rotatable bonds is 11. The average Bonchev–Trinajstić information content (AvgIpc) is 2.55. The Morgan fingerprint density at radius 2 is 1.71 bits per heavy atom. The Morgan fingerprint density at radius 3 is 2.42 bits per heavy atom. The lowest BCUT2D eigenvalue weighted by molar-refractivity contribution is -0.152. The molecule has 0 unspecified atom stereocenters. The Morgan fingerprint density at radius 1 is 1.00 bits per heavy atom. The van der Waals surface area contributed by atoms with Gasteiger partial charge in [-0.1, -0.05) is 58.2 Å². The first-order chi connectivity index (χ1) is 11.5. The Labute approximate surface area is 144 Å². The Balaban J connectivity index is 2.24. The highest BCUT2D eigenvalue weighted by atomic mass is 16.6. The predicted octanol–water partition coefficient (Wildman–Crippen LogP) is 3.86. The molecule has 24 heavy (non-hydrogen) atoms. The van der Waals surface area contributed by atoms with Gasteiger partial charge in [-0.25, -0.2) is 9.59 Å². The largest absolute Gasteiger partial charge is 0.464 e. The molecule has 0 radical (unpaired) electrons. The summed E-state index contributed by atoms with van der Waals surface area (Å²) >= 11 is 0. The molecule has 134 valence electrons. The van der Waals surface area contributed by atoms with E-state index in [0.29, 0.717) is 12.4 Å². The topological polar surface area (TPSA) is 61.8 Å². The molecule has 5 heteroatoms. The van der Waals surface area contributed by atoms with Gasteiger partial charge in [0.15, 0.2) is 0 Å². The fourth-order valence-electron chi connectivity index (χ4n) is 2.18. The first kappa shape index (κ1) is 20.2. The molecule has 1 aromatic carbocycles. The third-order valence-corrected chi connectivity index (χ3v) is 3.47. The lowest BCUT2D eigenvalue weighted by Crippen LogP contribution is -2.21. The van der Waals surface area contributed by atoms with Gasteiger partial charge in [-0.15, -0.1) is 0 Å². The van der Waals surface area contributed by atoms with Crippen LogP contribution in [0.3, 0.4) is 0 Å². The SMILES string of the molecule is CCCCCCOC(=O)COCC(=O)Oc1ccccc1C(C)C. The summed E-state index contributed by atoms with van der Waals surface area (Å²) in [5.74, 6) is -0.210. The summed E-state index contributed by atoms with van der Waals surface area (Å²) < 4.78 is 15.4. The van der Waals surface area contributed by atoms with E-state index in [1.807, 2.05) is 32.0 Å². The van der Waals surface area contributed by atoms with E-state index in [1.54, 1.807) is 6.07 Å². The smallest absolute Gasteiger partial charge is 0.337 e. The fraction of sp³-hybridized carbons (Fsp3) is 0.579. The van der Waals surface area contributed by atoms with Gasteiger partial charge in [-0.2, -0.15) is 0 Å². The second-order valence-corrected chi connectivity index (χ2v) is 5.94. The molecule has 0 fully saturated rings. The van der Waals surface area contributed by atoms with Crippen LogP contribution in [0, 0.1) is 0 Å². The number of esters is 2. The van der Waals surface area contributed by atoms with E-state index in [4.69, 9.17) is 14.2 Å². The lowest BCUT2D eigenvalue weighted by atomic mass is 10.0. The van der Waals surface area contributed by atoms with Gasteiger partial charge < -0.3 is 14.2 Å². The summed E-state index contributed by atoms with van der Waals surface area (Å²) in [5.41, 5.74) is 0.956. The van der Waals surface area contributed by atoms with Gasteiger partial charge in [0.2, 0.25) is 0 Å². The second-order valence-electron chi connectivity index (χ2n) is 5.94. The van der Waals surface area contributed by atoms with Crippen molar-refractivity contribution in [3.05, 3.63) is 29.8 Å². The predicted molar refractivity (Wildman–Crippen MR) is 92.1 cm³/mol. The van der Waals surface area contributed by atoms with E-state index >= 15 is 0 Å². The van der Waals surface area contributed by atoms with Crippen LogP contribution in [0.15, 0.2) is 24.3 Å². The second kappa shape index (κ2) is 11.6. The summed E-state index contributed by atoms with van der Waals surface area (Å²) in [6.07, 6.45) is 4.18. The van der Waals surface area contributed by atoms with E-state index in [1.165, 1.54) is 0 Å². The minimum Gasteiger partial charge on any atom is -0.464 e. The molecule has 0 aliphatic carbocycles. The Kier molecular flexibility index (Phi) is 9.77. The third kappa shape index (κ3) is 8.11. The minimum absolute atomic E-state index is 0.241. The van der Waals surface area contributed by atoms with Crippen molar-refractivity contribution < 1.29 is 23.8 Å². The van der Waals surface area contributed by atoms with Crippen molar-refractivity contribution in [2.24, 2.45) is 0 Å². The maximum Gasteiger partial charge on any atom is 0.337 e. The lowest BCUT2D eigenvalue weighted by Gasteiger charge is -2.12. The van der Waals surface area contributed by atoms with Crippen LogP contribution in [0.4, 0.5) is 0 Å². The Hall–Kier alpha value is -1.88. The van der Waals surface area contributed by atoms with Gasteiger partial charge in [0, 0.05) is 0 Å². The fourth-order valence-corrected chi connectivity index (χ4v) is 2.18. The molecule has 0 atom stereocenters. The van der Waals surface area contributed by atoms with Crippen LogP contribution < -0.4 is 4.74 Å². The normalized spacial score (nSPS) is 10.7. The van der Waals surface area contributed by atoms with Gasteiger partial charge in [0.25, 0.3) is 0 Å². The molecule has 0 heterocycles. The highest BCUT2D eigenvalue weighted by Gasteiger charge is 2.12. The number of hydrogen-bond donors (Lipinski definition) is 0. The highest BCUT2D eigenvalue weighted by Crippen LogP contribution is 2.25. The maximum atomic E-state index is 11.8. The van der Waals surface area contributed by atoms with Crippen molar-refractivity contribution in [1.29, 1.82) is 0 Å². The Bertz CT molecular complexity index is 510. The van der Waals surface area contributed by atoms with Crippen LogP contribution in [0.5, 0.6) is 5.75 Å². The summed E-state index contributed by atoms with van der Waals surface area (Å²) in [6.45, 7) is 6.05. The van der Waals surface area contributed by atoms with Gasteiger partial charge in [-0.05, 0) is 24.0 Å². The van der Waals surface area contributed by atoms with Crippen molar-refractivity contribution in [2.75, 3.05) is 19.8 Å². The van der Waals surface area contributed by atoms with Crippen LogP contribution in [0.1, 0.15) is 57.9 Å². The maximum absolute atomic E-state index is 11.8. The van der Waals surface area contributed by atoms with Crippen molar-refractivity contribution >= 4 is 11.9 Å². The average molecular weight is 336 g/mol. The molecular formula is C19H28O5. The standard InChI is InChI=1S/C19H28O5/c1-4-5-6-9-12-23-18(20)13-22-14-19(21)24-17-11-8-7-10-16(17)15(2)3/h7-8,10-11,15H,4-6,9,12-14H2,1-3H3. The first-order valence-electron chi connectivity index (χ1n) is 8.57. The molecule has 0 bridgehead atoms. The van der Waals surface area contributed by atoms with Crippen LogP contribution in [0.25, 0.3) is 0 Å². The van der Waals surface area contributed by atoms with Gasteiger partial charge in [0.1, 0.15) is 19.0 Å². The molecule has 0 saturated carbocycles. The number of carbonyl (C=O) groups is 2. The van der Waals surface area contributed by atoms with Crippen molar-refractivity contribution in [3.63, 3.8) is 0 Å². The minimum atomic E-state index is -0.529. The number of para-hydroxylation sites is 1. The third-order valence-electron chi connectivity index (χ3n) is 3.47. The molecule has 1 aromatic rings. The quantitative estimate of drug-likeness (QED) is 0.349. The van der Waals surface area contributed by atoms with Gasteiger partial charge >= 0.3 is 11.9 Å². The number of ether oxygens (including phenoxy) is 3. The van der Waals surface area contributed by atoms with Crippen LogP contribution in [-0.2, 0) is 19.1 Å². The van der Waals surface area contributed by atoms with E-state index < -0.39 is 11.9 Å². The summed E-state index contributed by atoms with van der Waals surface area (Å²) in [4.78, 5) is 23.3. The highest BCUT2D eigenvalue weighted by molar-refractivity contribution is 5.75. The van der Waals surface area contributed by atoms with Crippen molar-refractivity contribution in [1.82, 2.24) is 0 Å². The van der Waals surface area contributed by atoms with E-state index in [-0.39, 0.29) is 19.1 Å². The first-order valence-corrected chi connectivity index (χ1v) is 8.57. The van der Waals surface area contributed by atoms with Gasteiger partial charge in [0.05, 0.1) is 6.61 Å². The summed E-state index contributed by atoms with van der Waals surface area (Å²) in [5, 5.41) is 0. The zero-order valence-corrected chi connectivity index (χ0v) is 14.9. The van der Waals surface area contributed by atoms with Crippen LogP contribution >= 0.6 is 0 Å². The molecule has 1 rings (SSSR count). The molecular weight excluding hydrogens is 308 g/mol. The van der Waals surface area contributed by atoms with Gasteiger partial charge in [-0.3, -0.25) is 0 Å². The summed E-state index contributed by atoms with van der Waals surface area (Å²) in [7, 11) is 0. The van der Waals surface area contributed by atoms with Crippen molar-refractivity contribution in [2.45, 2.75) is 52.4 Å². The molecule has 0 aliphatic rings. The van der Waals surface area contributed by atoms with E-state index in [2.05, 4.69) is 6.92 Å². The van der Waals surface area contributed by atoms with Crippen LogP contribution in [-0.4, -0.2) is 31.8 Å². The molecule has 0 aromatic heterocycles. The van der Waals surface area contributed by atoms with Crippen molar-refractivity contribution in [3.8, 4) is 5.75 Å². The number of carbonyl (C=O) groups excluding carboxylic acids is 2. The summed E-state index contributed by atoms with van der Waals surface area (Å²) in [6, 6.07) is 7.38. The number of benzene rings is 1.